The van der Waals surface area contributed by atoms with Gasteiger partial charge in [-0.2, -0.15) is 0 Å². The van der Waals surface area contributed by atoms with Gasteiger partial charge in [0.05, 0.1) is 16.3 Å². The molecular formula is C20H22N4O3S. The van der Waals surface area contributed by atoms with E-state index in [1.807, 2.05) is 45.0 Å². The average molecular weight is 398 g/mol. The highest BCUT2D eigenvalue weighted by Gasteiger charge is 2.19. The van der Waals surface area contributed by atoms with Crippen molar-refractivity contribution in [2.45, 2.75) is 38.8 Å². The van der Waals surface area contributed by atoms with Crippen LogP contribution in [0.15, 0.2) is 38.9 Å². The number of carbonyl (C=O) groups is 1. The Morgan fingerprint density at radius 1 is 1.25 bits per heavy atom. The molecule has 3 aromatic rings. The lowest BCUT2D eigenvalue weighted by atomic mass is 10.1. The molecule has 0 unspecified atom stereocenters. The van der Waals surface area contributed by atoms with E-state index in [9.17, 15) is 14.4 Å². The lowest BCUT2D eigenvalue weighted by Gasteiger charge is -2.11. The molecule has 1 aromatic carbocycles. The van der Waals surface area contributed by atoms with Crippen LogP contribution in [-0.4, -0.2) is 26.1 Å². The first-order valence-corrected chi connectivity index (χ1v) is 9.97. The number of hydrogen-bond acceptors (Lipinski definition) is 6. The number of nitrogens with one attached hydrogen (secondary N) is 1. The first-order chi connectivity index (χ1) is 13.3. The molecule has 2 heterocycles. The molecule has 0 saturated heterocycles. The fraction of sp³-hybridized carbons (Fsp3) is 0.300. The van der Waals surface area contributed by atoms with Gasteiger partial charge in [-0.25, -0.2) is 9.78 Å². The molecule has 0 bridgehead atoms. The minimum atomic E-state index is -0.751. The Morgan fingerprint density at radius 2 is 2.00 bits per heavy atom. The summed E-state index contributed by atoms with van der Waals surface area (Å²) >= 11 is 1.25. The largest absolute Gasteiger partial charge is 0.384 e. The molecular weight excluding hydrogens is 376 g/mol. The monoisotopic (exact) mass is 398 g/mol. The fourth-order valence-electron chi connectivity index (χ4n) is 3.12. The van der Waals surface area contributed by atoms with E-state index >= 15 is 0 Å². The number of nitrogen functional groups attached to an aromatic ring is 1. The van der Waals surface area contributed by atoms with Crippen molar-refractivity contribution in [1.82, 2.24) is 14.5 Å². The number of aromatic nitrogens is 3. The molecule has 3 N–H and O–H groups in total. The third kappa shape index (κ3) is 3.73. The van der Waals surface area contributed by atoms with Gasteiger partial charge in [0.25, 0.3) is 5.56 Å². The SMILES string of the molecule is CCCn1c(N)c(C(=O)CSc2cc(C)c3cccc(C)c3n2)c(=O)[nH]c1=O. The molecule has 7 nitrogen and oxygen atoms in total. The minimum absolute atomic E-state index is 0.00143. The zero-order chi connectivity index (χ0) is 20.4. The molecule has 0 radical (unpaired) electrons. The van der Waals surface area contributed by atoms with Crippen LogP contribution in [-0.2, 0) is 6.54 Å². The highest BCUT2D eigenvalue weighted by Crippen LogP contribution is 2.26. The molecule has 3 rings (SSSR count). The van der Waals surface area contributed by atoms with Gasteiger partial charge in [0, 0.05) is 11.9 Å². The number of thioether (sulfide) groups is 1. The molecule has 0 aliphatic rings. The van der Waals surface area contributed by atoms with Crippen LogP contribution in [0.4, 0.5) is 5.82 Å². The number of H-pyrrole nitrogens is 1. The Balaban J connectivity index is 1.90. The summed E-state index contributed by atoms with van der Waals surface area (Å²) in [5, 5.41) is 1.77. The summed E-state index contributed by atoms with van der Waals surface area (Å²) in [6.45, 7) is 6.20. The summed E-state index contributed by atoms with van der Waals surface area (Å²) in [4.78, 5) is 43.6. The van der Waals surface area contributed by atoms with E-state index in [1.165, 1.54) is 16.3 Å². The Hall–Kier alpha value is -2.87. The van der Waals surface area contributed by atoms with Gasteiger partial charge in [0.15, 0.2) is 5.78 Å². The molecule has 0 saturated carbocycles. The topological polar surface area (TPSA) is 111 Å². The molecule has 0 spiro atoms. The van der Waals surface area contributed by atoms with Crippen molar-refractivity contribution >= 4 is 34.3 Å². The number of pyridine rings is 1. The summed E-state index contributed by atoms with van der Waals surface area (Å²) < 4.78 is 1.22. The maximum absolute atomic E-state index is 12.7. The minimum Gasteiger partial charge on any atom is -0.384 e. The third-order valence-corrected chi connectivity index (χ3v) is 5.45. The van der Waals surface area contributed by atoms with Crippen molar-refractivity contribution in [3.8, 4) is 0 Å². The number of anilines is 1. The number of carbonyl (C=O) groups excluding carboxylic acids is 1. The number of fused-ring (bicyclic) bond motifs is 1. The van der Waals surface area contributed by atoms with E-state index in [0.29, 0.717) is 18.0 Å². The van der Waals surface area contributed by atoms with E-state index in [4.69, 9.17) is 5.73 Å². The van der Waals surface area contributed by atoms with Gasteiger partial charge < -0.3 is 5.73 Å². The summed E-state index contributed by atoms with van der Waals surface area (Å²) in [6, 6.07) is 7.92. The van der Waals surface area contributed by atoms with Gasteiger partial charge in [-0.1, -0.05) is 36.9 Å². The van der Waals surface area contributed by atoms with Crippen molar-refractivity contribution in [2.75, 3.05) is 11.5 Å². The average Bonchev–Trinajstić information content (AvgIpc) is 2.64. The highest BCUT2D eigenvalue weighted by molar-refractivity contribution is 7.99. The van der Waals surface area contributed by atoms with Crippen LogP contribution < -0.4 is 17.0 Å². The fourth-order valence-corrected chi connectivity index (χ4v) is 3.96. The predicted octanol–water partition coefficient (Wildman–Crippen LogP) is 2.67. The molecule has 28 heavy (non-hydrogen) atoms. The lowest BCUT2D eigenvalue weighted by Crippen LogP contribution is -2.36. The zero-order valence-electron chi connectivity index (χ0n) is 16.0. The summed E-state index contributed by atoms with van der Waals surface area (Å²) in [7, 11) is 0. The van der Waals surface area contributed by atoms with Crippen LogP contribution in [0, 0.1) is 13.8 Å². The second-order valence-electron chi connectivity index (χ2n) is 6.63. The van der Waals surface area contributed by atoms with E-state index in [0.717, 1.165) is 22.0 Å². The standard InChI is InChI=1S/C20H22N4O3S/c1-4-8-24-18(21)16(19(26)23-20(24)27)14(25)10-28-15-9-12(3)13-7-5-6-11(2)17(13)22-15/h5-7,9H,4,8,10,21H2,1-3H3,(H,23,26,27). The van der Waals surface area contributed by atoms with Crippen molar-refractivity contribution in [3.63, 3.8) is 0 Å². The van der Waals surface area contributed by atoms with Gasteiger partial charge in [-0.05, 0) is 37.5 Å². The summed E-state index contributed by atoms with van der Waals surface area (Å²) in [5.74, 6) is -0.515. The van der Waals surface area contributed by atoms with E-state index < -0.39 is 17.0 Å². The predicted molar refractivity (Wildman–Crippen MR) is 112 cm³/mol. The molecule has 146 valence electrons. The van der Waals surface area contributed by atoms with Gasteiger partial charge in [-0.3, -0.25) is 19.1 Å². The van der Waals surface area contributed by atoms with Crippen LogP contribution >= 0.6 is 11.8 Å². The van der Waals surface area contributed by atoms with Crippen molar-refractivity contribution in [3.05, 3.63) is 61.8 Å². The van der Waals surface area contributed by atoms with Crippen LogP contribution in [0.2, 0.25) is 0 Å². The second kappa shape index (κ2) is 8.02. The highest BCUT2D eigenvalue weighted by atomic mass is 32.2. The Bertz CT molecular complexity index is 1180. The molecule has 0 atom stereocenters. The molecule has 8 heteroatoms. The quantitative estimate of drug-likeness (QED) is 0.488. The zero-order valence-corrected chi connectivity index (χ0v) is 16.9. The normalized spacial score (nSPS) is 11.1. The summed E-state index contributed by atoms with van der Waals surface area (Å²) in [5.41, 5.74) is 7.45. The molecule has 0 aliphatic heterocycles. The number of aromatic amines is 1. The second-order valence-corrected chi connectivity index (χ2v) is 7.63. The number of nitrogens with two attached hydrogens (primary N) is 1. The van der Waals surface area contributed by atoms with E-state index in [1.54, 1.807) is 0 Å². The molecule has 0 aliphatic carbocycles. The van der Waals surface area contributed by atoms with Crippen molar-refractivity contribution in [2.24, 2.45) is 0 Å². The smallest absolute Gasteiger partial charge is 0.329 e. The van der Waals surface area contributed by atoms with E-state index in [-0.39, 0.29) is 17.1 Å². The number of Topliss-reactive ketones (excluding diaryl/α,β-unsaturated/α-hetero) is 1. The van der Waals surface area contributed by atoms with Gasteiger partial charge in [0.1, 0.15) is 11.4 Å². The number of para-hydroxylation sites is 1. The van der Waals surface area contributed by atoms with Gasteiger partial charge in [0.2, 0.25) is 0 Å². The number of hydrogen-bond donors (Lipinski definition) is 2. The number of benzene rings is 1. The number of nitrogens with zero attached hydrogens (tertiary/aromatic N) is 2. The maximum atomic E-state index is 12.7. The number of ketones is 1. The first-order valence-electron chi connectivity index (χ1n) is 8.99. The first kappa shape index (κ1) is 19.9. The van der Waals surface area contributed by atoms with Crippen LogP contribution in [0.25, 0.3) is 10.9 Å². The van der Waals surface area contributed by atoms with Crippen LogP contribution in [0.3, 0.4) is 0 Å². The molecule has 0 amide bonds. The molecule has 2 aromatic heterocycles. The summed E-state index contributed by atoms with van der Waals surface area (Å²) in [6.07, 6.45) is 0.651. The molecule has 0 fully saturated rings. The number of rotatable bonds is 6. The Kier molecular flexibility index (Phi) is 5.69. The van der Waals surface area contributed by atoms with E-state index in [2.05, 4.69) is 9.97 Å². The van der Waals surface area contributed by atoms with Crippen molar-refractivity contribution in [1.29, 1.82) is 0 Å². The number of aryl methyl sites for hydroxylation is 2. The lowest BCUT2D eigenvalue weighted by molar-refractivity contribution is 0.102. The third-order valence-electron chi connectivity index (χ3n) is 4.54. The maximum Gasteiger partial charge on any atom is 0.329 e. The van der Waals surface area contributed by atoms with Crippen molar-refractivity contribution < 1.29 is 4.79 Å². The van der Waals surface area contributed by atoms with Crippen LogP contribution in [0.5, 0.6) is 0 Å². The van der Waals surface area contributed by atoms with Crippen LogP contribution in [0.1, 0.15) is 34.8 Å². The van der Waals surface area contributed by atoms with Gasteiger partial charge >= 0.3 is 5.69 Å². The Morgan fingerprint density at radius 3 is 2.71 bits per heavy atom. The Labute approximate surface area is 166 Å². The van der Waals surface area contributed by atoms with Gasteiger partial charge in [-0.15, -0.1) is 0 Å².